The highest BCUT2D eigenvalue weighted by molar-refractivity contribution is 7.92. The minimum Gasteiger partial charge on any atom is -0.322 e. The first-order chi connectivity index (χ1) is 11.7. The summed E-state index contributed by atoms with van der Waals surface area (Å²) in [5.74, 6) is -0.645. The fraction of sp³-hybridized carbons (Fsp3) is 0.125. The topological polar surface area (TPSA) is 90.3 Å². The maximum absolute atomic E-state index is 12.3. The van der Waals surface area contributed by atoms with E-state index >= 15 is 0 Å². The highest BCUT2D eigenvalue weighted by Gasteiger charge is 2.23. The molecule has 1 amide bonds. The van der Waals surface area contributed by atoms with Crippen molar-refractivity contribution in [3.05, 3.63) is 58.1 Å². The van der Waals surface area contributed by atoms with Crippen LogP contribution in [0, 0.1) is 11.3 Å². The molecular weight excluding hydrogens is 385 g/mol. The lowest BCUT2D eigenvalue weighted by Crippen LogP contribution is -2.38. The third-order valence-electron chi connectivity index (χ3n) is 3.21. The number of carbonyl (C=O) groups excluding carboxylic acids is 1. The summed E-state index contributed by atoms with van der Waals surface area (Å²) in [5.41, 5.74) is 0.447. The van der Waals surface area contributed by atoms with Crippen LogP contribution >= 0.6 is 23.2 Å². The van der Waals surface area contributed by atoms with Crippen LogP contribution < -0.4 is 9.62 Å². The van der Waals surface area contributed by atoms with Gasteiger partial charge in [0.25, 0.3) is 0 Å². The van der Waals surface area contributed by atoms with Gasteiger partial charge in [0.2, 0.25) is 15.9 Å². The lowest BCUT2D eigenvalue weighted by molar-refractivity contribution is -0.114. The predicted octanol–water partition coefficient (Wildman–Crippen LogP) is 3.27. The smallest absolute Gasteiger partial charge is 0.245 e. The van der Waals surface area contributed by atoms with Crippen molar-refractivity contribution in [3.8, 4) is 6.07 Å². The molecule has 0 aliphatic heterocycles. The van der Waals surface area contributed by atoms with Crippen LogP contribution in [0.3, 0.4) is 0 Å². The Hall–Kier alpha value is -2.27. The van der Waals surface area contributed by atoms with E-state index in [4.69, 9.17) is 28.5 Å². The molecule has 130 valence electrons. The summed E-state index contributed by atoms with van der Waals surface area (Å²) in [5, 5.41) is 12.1. The van der Waals surface area contributed by atoms with Crippen molar-refractivity contribution in [1.29, 1.82) is 5.26 Å². The van der Waals surface area contributed by atoms with Gasteiger partial charge in [-0.05, 0) is 24.3 Å². The minimum absolute atomic E-state index is 0.118. The lowest BCUT2D eigenvalue weighted by atomic mass is 10.2. The van der Waals surface area contributed by atoms with Crippen molar-refractivity contribution in [2.24, 2.45) is 0 Å². The van der Waals surface area contributed by atoms with E-state index in [1.54, 1.807) is 30.3 Å². The summed E-state index contributed by atoms with van der Waals surface area (Å²) in [7, 11) is -3.80. The zero-order valence-corrected chi connectivity index (χ0v) is 15.4. The number of para-hydroxylation sites is 2. The van der Waals surface area contributed by atoms with Crippen LogP contribution in [0.2, 0.25) is 10.0 Å². The van der Waals surface area contributed by atoms with Gasteiger partial charge in [0, 0.05) is 0 Å². The van der Waals surface area contributed by atoms with Crippen LogP contribution in [0.4, 0.5) is 11.4 Å². The van der Waals surface area contributed by atoms with E-state index in [-0.39, 0.29) is 27.0 Å². The largest absolute Gasteiger partial charge is 0.322 e. The SMILES string of the molecule is CS(=O)(=O)N(CC(=O)Nc1c(Cl)cccc1Cl)c1ccccc1C#N. The zero-order valence-electron chi connectivity index (χ0n) is 13.0. The number of anilines is 2. The number of halogens is 2. The quantitative estimate of drug-likeness (QED) is 0.837. The first-order valence-electron chi connectivity index (χ1n) is 6.94. The number of benzene rings is 2. The average Bonchev–Trinajstić information content (AvgIpc) is 2.55. The molecule has 0 unspecified atom stereocenters. The Morgan fingerprint density at radius 1 is 1.16 bits per heavy atom. The maximum Gasteiger partial charge on any atom is 0.245 e. The van der Waals surface area contributed by atoms with Crippen LogP contribution in [0.15, 0.2) is 42.5 Å². The molecule has 2 aromatic carbocycles. The summed E-state index contributed by atoms with van der Waals surface area (Å²) in [6.45, 7) is -0.529. The van der Waals surface area contributed by atoms with E-state index in [9.17, 15) is 13.2 Å². The molecule has 0 heterocycles. The van der Waals surface area contributed by atoms with Gasteiger partial charge in [-0.2, -0.15) is 5.26 Å². The summed E-state index contributed by atoms with van der Waals surface area (Å²) in [4.78, 5) is 12.3. The molecule has 0 aliphatic carbocycles. The fourth-order valence-electron chi connectivity index (χ4n) is 2.09. The molecule has 2 rings (SSSR count). The molecular formula is C16H13Cl2N3O3S. The van der Waals surface area contributed by atoms with Crippen molar-refractivity contribution < 1.29 is 13.2 Å². The molecule has 0 saturated carbocycles. The van der Waals surface area contributed by atoms with Crippen molar-refractivity contribution >= 4 is 50.5 Å². The first kappa shape index (κ1) is 19.1. The van der Waals surface area contributed by atoms with E-state index < -0.39 is 22.5 Å². The maximum atomic E-state index is 12.3. The molecule has 1 N–H and O–H groups in total. The summed E-state index contributed by atoms with van der Waals surface area (Å²) in [6, 6.07) is 12.7. The molecule has 0 aliphatic rings. The molecule has 0 saturated heterocycles. The molecule has 0 bridgehead atoms. The minimum atomic E-state index is -3.80. The average molecular weight is 398 g/mol. The molecule has 25 heavy (non-hydrogen) atoms. The molecule has 0 radical (unpaired) electrons. The van der Waals surface area contributed by atoms with Crippen LogP contribution in [-0.2, 0) is 14.8 Å². The second-order valence-electron chi connectivity index (χ2n) is 5.04. The zero-order chi connectivity index (χ0) is 18.6. The Morgan fingerprint density at radius 3 is 2.32 bits per heavy atom. The van der Waals surface area contributed by atoms with Crippen LogP contribution in [0.1, 0.15) is 5.56 Å². The van der Waals surface area contributed by atoms with Crippen molar-refractivity contribution in [2.45, 2.75) is 0 Å². The van der Waals surface area contributed by atoms with E-state index in [1.807, 2.05) is 6.07 Å². The number of amides is 1. The van der Waals surface area contributed by atoms with E-state index in [0.717, 1.165) is 10.6 Å². The first-order valence-corrected chi connectivity index (χ1v) is 9.55. The Kier molecular flexibility index (Phi) is 5.90. The summed E-state index contributed by atoms with van der Waals surface area (Å²) in [6.07, 6.45) is 0.955. The van der Waals surface area contributed by atoms with Crippen molar-refractivity contribution in [1.82, 2.24) is 0 Å². The third-order valence-corrected chi connectivity index (χ3v) is 4.96. The van der Waals surface area contributed by atoms with Gasteiger partial charge in [0.15, 0.2) is 0 Å². The van der Waals surface area contributed by atoms with Crippen LogP contribution in [0.25, 0.3) is 0 Å². The standard InChI is InChI=1S/C16H13Cl2N3O3S/c1-25(23,24)21(14-8-3-2-5-11(14)9-19)10-15(22)20-16-12(17)6-4-7-13(16)18/h2-8H,10H2,1H3,(H,20,22). The number of sulfonamides is 1. The normalized spacial score (nSPS) is 10.8. The van der Waals surface area contributed by atoms with E-state index in [1.165, 1.54) is 12.1 Å². The summed E-state index contributed by atoms with van der Waals surface area (Å²) < 4.78 is 25.1. The van der Waals surface area contributed by atoms with Gasteiger partial charge in [-0.3, -0.25) is 9.10 Å². The Balaban J connectivity index is 2.33. The van der Waals surface area contributed by atoms with Crippen LogP contribution in [-0.4, -0.2) is 27.1 Å². The van der Waals surface area contributed by atoms with E-state index in [0.29, 0.717) is 0 Å². The molecule has 2 aromatic rings. The van der Waals surface area contributed by atoms with Gasteiger partial charge >= 0.3 is 0 Å². The molecule has 0 fully saturated rings. The number of nitriles is 1. The second-order valence-corrected chi connectivity index (χ2v) is 7.76. The monoisotopic (exact) mass is 397 g/mol. The predicted molar refractivity (Wildman–Crippen MR) is 98.4 cm³/mol. The highest BCUT2D eigenvalue weighted by atomic mass is 35.5. The number of nitrogens with zero attached hydrogens (tertiary/aromatic N) is 2. The van der Waals surface area contributed by atoms with Crippen molar-refractivity contribution in [2.75, 3.05) is 22.4 Å². The van der Waals surface area contributed by atoms with Crippen molar-refractivity contribution in [3.63, 3.8) is 0 Å². The Bertz CT molecular complexity index is 935. The fourth-order valence-corrected chi connectivity index (χ4v) is 3.45. The van der Waals surface area contributed by atoms with Crippen LogP contribution in [0.5, 0.6) is 0 Å². The number of carbonyl (C=O) groups is 1. The van der Waals surface area contributed by atoms with Gasteiger partial charge in [-0.25, -0.2) is 8.42 Å². The molecule has 0 spiro atoms. The lowest BCUT2D eigenvalue weighted by Gasteiger charge is -2.23. The molecule has 0 aromatic heterocycles. The Labute approximate surface area is 155 Å². The number of rotatable bonds is 5. The van der Waals surface area contributed by atoms with Gasteiger partial charge in [0.1, 0.15) is 12.6 Å². The van der Waals surface area contributed by atoms with Gasteiger partial charge < -0.3 is 5.32 Å². The number of nitrogens with one attached hydrogen (secondary N) is 1. The molecule has 0 atom stereocenters. The van der Waals surface area contributed by atoms with Gasteiger partial charge in [-0.1, -0.05) is 41.4 Å². The molecule has 9 heteroatoms. The number of hydrogen-bond donors (Lipinski definition) is 1. The Morgan fingerprint density at radius 2 is 1.76 bits per heavy atom. The molecule has 6 nitrogen and oxygen atoms in total. The number of hydrogen-bond acceptors (Lipinski definition) is 4. The van der Waals surface area contributed by atoms with Gasteiger partial charge in [0.05, 0.1) is 33.2 Å². The highest BCUT2D eigenvalue weighted by Crippen LogP contribution is 2.30. The third kappa shape index (κ3) is 4.63. The van der Waals surface area contributed by atoms with E-state index in [2.05, 4.69) is 5.32 Å². The second kappa shape index (κ2) is 7.74. The summed E-state index contributed by atoms with van der Waals surface area (Å²) >= 11 is 12.0. The van der Waals surface area contributed by atoms with Gasteiger partial charge in [-0.15, -0.1) is 0 Å².